The molecule has 2 atom stereocenters. The largest absolute Gasteiger partial charge is 0.371 e. The zero-order valence-electron chi connectivity index (χ0n) is 15.3. The van der Waals surface area contributed by atoms with Crippen LogP contribution < -0.4 is 15.5 Å². The highest BCUT2D eigenvalue weighted by Crippen LogP contribution is 2.24. The van der Waals surface area contributed by atoms with Gasteiger partial charge in [-0.1, -0.05) is 31.2 Å². The van der Waals surface area contributed by atoms with Gasteiger partial charge in [-0.2, -0.15) is 0 Å². The summed E-state index contributed by atoms with van der Waals surface area (Å²) in [6, 6.07) is 15.2. The van der Waals surface area contributed by atoms with E-state index in [1.807, 2.05) is 6.92 Å². The van der Waals surface area contributed by atoms with Crippen LogP contribution in [0, 0.1) is 11.7 Å². The lowest BCUT2D eigenvalue weighted by atomic mass is 9.99. The number of nitrogens with one attached hydrogen (secondary N) is 2. The number of benzene rings is 2. The molecule has 1 aliphatic heterocycles. The first-order valence-electron chi connectivity index (χ1n) is 9.20. The minimum Gasteiger partial charge on any atom is -0.371 e. The Bertz CT molecular complexity index is 747. The third kappa shape index (κ3) is 4.73. The van der Waals surface area contributed by atoms with Crippen molar-refractivity contribution in [3.05, 3.63) is 59.9 Å². The summed E-state index contributed by atoms with van der Waals surface area (Å²) in [5.74, 6) is 0.440. The van der Waals surface area contributed by atoms with Crippen LogP contribution >= 0.6 is 12.2 Å². The molecule has 1 saturated heterocycles. The summed E-state index contributed by atoms with van der Waals surface area (Å²) in [6.45, 7) is 6.63. The molecule has 2 aromatic carbocycles. The number of halogens is 1. The van der Waals surface area contributed by atoms with Gasteiger partial charge in [-0.3, -0.25) is 0 Å². The molecule has 1 fully saturated rings. The van der Waals surface area contributed by atoms with Crippen molar-refractivity contribution in [2.45, 2.75) is 32.7 Å². The lowest BCUT2D eigenvalue weighted by Gasteiger charge is -2.33. The summed E-state index contributed by atoms with van der Waals surface area (Å²) in [6.07, 6.45) is 2.58. The molecule has 138 valence electrons. The molecule has 0 bridgehead atoms. The second-order valence-corrected chi connectivity index (χ2v) is 7.49. The monoisotopic (exact) mass is 371 g/mol. The number of thiocarbonyl (C=S) groups is 1. The SMILES string of the molecule is C[C@H]1CCCN(c2ccc([C@H](C)NC(=S)Nc3ccccc3F)cc2)C1. The highest BCUT2D eigenvalue weighted by Gasteiger charge is 2.17. The summed E-state index contributed by atoms with van der Waals surface area (Å²) < 4.78 is 13.7. The summed E-state index contributed by atoms with van der Waals surface area (Å²) in [5, 5.41) is 6.55. The lowest BCUT2D eigenvalue weighted by molar-refractivity contribution is 0.447. The molecule has 1 heterocycles. The van der Waals surface area contributed by atoms with Gasteiger partial charge in [-0.15, -0.1) is 0 Å². The molecule has 0 aliphatic carbocycles. The second kappa shape index (κ2) is 8.49. The van der Waals surface area contributed by atoms with Crippen molar-refractivity contribution in [1.29, 1.82) is 0 Å². The van der Waals surface area contributed by atoms with Crippen molar-refractivity contribution in [2.24, 2.45) is 5.92 Å². The van der Waals surface area contributed by atoms with Crippen molar-refractivity contribution in [1.82, 2.24) is 5.32 Å². The van der Waals surface area contributed by atoms with Gasteiger partial charge in [-0.05, 0) is 67.7 Å². The summed E-state index contributed by atoms with van der Waals surface area (Å²) >= 11 is 5.32. The predicted octanol–water partition coefficient (Wildman–Crippen LogP) is 5.11. The summed E-state index contributed by atoms with van der Waals surface area (Å²) in [5.41, 5.74) is 2.81. The van der Waals surface area contributed by atoms with Crippen LogP contribution in [0.25, 0.3) is 0 Å². The Morgan fingerprint density at radius 1 is 1.19 bits per heavy atom. The Morgan fingerprint density at radius 3 is 2.62 bits per heavy atom. The average molecular weight is 372 g/mol. The predicted molar refractivity (Wildman–Crippen MR) is 111 cm³/mol. The normalized spacial score (nSPS) is 18.3. The maximum Gasteiger partial charge on any atom is 0.171 e. The van der Waals surface area contributed by atoms with Crippen LogP contribution in [0.4, 0.5) is 15.8 Å². The van der Waals surface area contributed by atoms with E-state index in [4.69, 9.17) is 12.2 Å². The van der Waals surface area contributed by atoms with Gasteiger partial charge in [0.1, 0.15) is 5.82 Å². The molecule has 2 aromatic rings. The van der Waals surface area contributed by atoms with E-state index in [1.165, 1.54) is 24.6 Å². The summed E-state index contributed by atoms with van der Waals surface area (Å²) in [7, 11) is 0. The van der Waals surface area contributed by atoms with Crippen LogP contribution in [0.1, 0.15) is 38.3 Å². The fourth-order valence-electron chi connectivity index (χ4n) is 3.40. The Morgan fingerprint density at radius 2 is 1.92 bits per heavy atom. The highest BCUT2D eigenvalue weighted by molar-refractivity contribution is 7.80. The minimum absolute atomic E-state index is 0.0381. The van der Waals surface area contributed by atoms with Crippen LogP contribution in [-0.2, 0) is 0 Å². The molecule has 0 unspecified atom stereocenters. The van der Waals surface area contributed by atoms with Crippen molar-refractivity contribution >= 4 is 28.7 Å². The minimum atomic E-state index is -0.315. The van der Waals surface area contributed by atoms with Crippen molar-refractivity contribution < 1.29 is 4.39 Å². The van der Waals surface area contributed by atoms with E-state index in [2.05, 4.69) is 46.7 Å². The molecule has 2 N–H and O–H groups in total. The number of anilines is 2. The van der Waals surface area contributed by atoms with Gasteiger partial charge in [0, 0.05) is 18.8 Å². The molecule has 0 radical (unpaired) electrons. The van der Waals surface area contributed by atoms with E-state index in [0.29, 0.717) is 10.8 Å². The number of hydrogen-bond acceptors (Lipinski definition) is 2. The molecule has 0 amide bonds. The molecule has 0 saturated carbocycles. The second-order valence-electron chi connectivity index (χ2n) is 7.08. The Balaban J connectivity index is 1.58. The van der Waals surface area contributed by atoms with Gasteiger partial charge in [-0.25, -0.2) is 4.39 Å². The first kappa shape index (κ1) is 18.6. The zero-order chi connectivity index (χ0) is 18.5. The van der Waals surface area contributed by atoms with Crippen LogP contribution in [0.3, 0.4) is 0 Å². The number of hydrogen-bond donors (Lipinski definition) is 2. The van der Waals surface area contributed by atoms with Crippen LogP contribution in [0.15, 0.2) is 48.5 Å². The van der Waals surface area contributed by atoms with Gasteiger partial charge in [0.05, 0.1) is 11.7 Å². The number of piperidine rings is 1. The first-order valence-corrected chi connectivity index (χ1v) is 9.60. The molecule has 1 aliphatic rings. The molecule has 0 aromatic heterocycles. The Kier molecular flexibility index (Phi) is 6.09. The quantitative estimate of drug-likeness (QED) is 0.731. The molecule has 3 nitrogen and oxygen atoms in total. The Hall–Kier alpha value is -2.14. The van der Waals surface area contributed by atoms with Crippen molar-refractivity contribution in [3.8, 4) is 0 Å². The Labute approximate surface area is 160 Å². The fourth-order valence-corrected chi connectivity index (χ4v) is 3.69. The highest BCUT2D eigenvalue weighted by atomic mass is 32.1. The number of para-hydroxylation sites is 1. The lowest BCUT2D eigenvalue weighted by Crippen LogP contribution is -2.34. The van der Waals surface area contributed by atoms with E-state index in [1.54, 1.807) is 18.2 Å². The van der Waals surface area contributed by atoms with E-state index < -0.39 is 0 Å². The standard InChI is InChI=1S/C21H26FN3S/c1-15-6-5-13-25(14-15)18-11-9-17(10-12-18)16(2)23-21(26)24-20-8-4-3-7-19(20)22/h3-4,7-12,15-16H,5-6,13-14H2,1-2H3,(H2,23,24,26)/t15-,16-/m0/s1. The maximum absolute atomic E-state index is 13.7. The molecule has 3 rings (SSSR count). The van der Waals surface area contributed by atoms with Crippen molar-refractivity contribution in [3.63, 3.8) is 0 Å². The van der Waals surface area contributed by atoms with Crippen LogP contribution in [0.5, 0.6) is 0 Å². The van der Waals surface area contributed by atoms with Gasteiger partial charge in [0.15, 0.2) is 5.11 Å². The number of nitrogens with zero attached hydrogens (tertiary/aromatic N) is 1. The van der Waals surface area contributed by atoms with E-state index in [0.717, 1.165) is 24.6 Å². The van der Waals surface area contributed by atoms with Gasteiger partial charge in [0.2, 0.25) is 0 Å². The van der Waals surface area contributed by atoms with Crippen molar-refractivity contribution in [2.75, 3.05) is 23.3 Å². The van der Waals surface area contributed by atoms with E-state index in [9.17, 15) is 4.39 Å². The molecule has 0 spiro atoms. The topological polar surface area (TPSA) is 27.3 Å². The smallest absolute Gasteiger partial charge is 0.171 e. The number of rotatable bonds is 4. The fraction of sp³-hybridized carbons (Fsp3) is 0.381. The van der Waals surface area contributed by atoms with Gasteiger partial charge in [0.25, 0.3) is 0 Å². The van der Waals surface area contributed by atoms with Gasteiger partial charge >= 0.3 is 0 Å². The van der Waals surface area contributed by atoms with E-state index >= 15 is 0 Å². The maximum atomic E-state index is 13.7. The average Bonchev–Trinajstić information content (AvgIpc) is 2.64. The third-order valence-electron chi connectivity index (χ3n) is 4.88. The molecular weight excluding hydrogens is 345 g/mol. The third-order valence-corrected chi connectivity index (χ3v) is 5.10. The summed E-state index contributed by atoms with van der Waals surface area (Å²) in [4.78, 5) is 2.46. The molecular formula is C21H26FN3S. The zero-order valence-corrected chi connectivity index (χ0v) is 16.2. The van der Waals surface area contributed by atoms with Crippen LogP contribution in [0.2, 0.25) is 0 Å². The van der Waals surface area contributed by atoms with Crippen LogP contribution in [-0.4, -0.2) is 18.2 Å². The first-order chi connectivity index (χ1) is 12.5. The molecule has 26 heavy (non-hydrogen) atoms. The molecule has 5 heteroatoms. The van der Waals surface area contributed by atoms with E-state index in [-0.39, 0.29) is 11.9 Å². The van der Waals surface area contributed by atoms with Gasteiger partial charge < -0.3 is 15.5 Å².